The highest BCUT2D eigenvalue weighted by Gasteiger charge is 2.77. The highest BCUT2D eigenvalue weighted by molar-refractivity contribution is 5.69. The Morgan fingerprint density at radius 1 is 1.19 bits per heavy atom. The summed E-state index contributed by atoms with van der Waals surface area (Å²) in [6.07, 6.45) is 10.4. The predicted molar refractivity (Wildman–Crippen MR) is 120 cm³/mol. The first kappa shape index (κ1) is 23.3. The normalized spacial score (nSPS) is 42.1. The van der Waals surface area contributed by atoms with Gasteiger partial charge in [0.25, 0.3) is 0 Å². The Labute approximate surface area is 187 Å². The van der Waals surface area contributed by atoms with Crippen molar-refractivity contribution in [2.45, 2.75) is 127 Å². The van der Waals surface area contributed by atoms with Crippen molar-refractivity contribution < 1.29 is 24.1 Å². The van der Waals surface area contributed by atoms with Gasteiger partial charge in [0.15, 0.2) is 0 Å². The molecule has 2 heterocycles. The van der Waals surface area contributed by atoms with Gasteiger partial charge in [0.05, 0.1) is 17.8 Å². The highest BCUT2D eigenvalue weighted by Crippen LogP contribution is 2.69. The van der Waals surface area contributed by atoms with Crippen molar-refractivity contribution in [3.05, 3.63) is 12.2 Å². The maximum Gasteiger partial charge on any atom is 0.305 e. The number of ether oxygens (including phenoxy) is 3. The molecular weight excluding hydrogens is 392 g/mol. The summed E-state index contributed by atoms with van der Waals surface area (Å²) in [5, 5.41) is 11.0. The zero-order valence-corrected chi connectivity index (χ0v) is 20.0. The van der Waals surface area contributed by atoms with E-state index in [1.165, 1.54) is 5.57 Å². The molecule has 2 saturated heterocycles. The minimum atomic E-state index is -0.785. The van der Waals surface area contributed by atoms with Gasteiger partial charge in [-0.3, -0.25) is 4.79 Å². The summed E-state index contributed by atoms with van der Waals surface area (Å²) in [6.45, 7) is 13.0. The van der Waals surface area contributed by atoms with Crippen molar-refractivity contribution in [3.8, 4) is 0 Å². The molecule has 2 aliphatic carbocycles. The van der Waals surface area contributed by atoms with Crippen LogP contribution in [0, 0.1) is 11.3 Å². The molecule has 2 aliphatic heterocycles. The number of epoxide rings is 2. The zero-order valence-electron chi connectivity index (χ0n) is 20.0. The number of carbonyl (C=O) groups is 1. The van der Waals surface area contributed by atoms with E-state index in [1.54, 1.807) is 0 Å². The van der Waals surface area contributed by atoms with Gasteiger partial charge >= 0.3 is 5.97 Å². The SMILES string of the molecule is C=C1CC[C@@H]2O[C@]2(COC(=O)CCCCC)C[C@H]2O[C@@]23[C@H](C(C)(C)O)CC[C@@]3(C)CC1. The lowest BCUT2D eigenvalue weighted by molar-refractivity contribution is -0.145. The lowest BCUT2D eigenvalue weighted by Crippen LogP contribution is -2.46. The molecule has 0 aromatic heterocycles. The second-order valence-electron chi connectivity index (χ2n) is 11.5. The first-order valence-electron chi connectivity index (χ1n) is 12.5. The number of hydrogen-bond acceptors (Lipinski definition) is 5. The maximum absolute atomic E-state index is 12.3. The summed E-state index contributed by atoms with van der Waals surface area (Å²) in [4.78, 5) is 12.3. The molecular formula is C26H42O5. The van der Waals surface area contributed by atoms with E-state index >= 15 is 0 Å². The Morgan fingerprint density at radius 3 is 2.68 bits per heavy atom. The van der Waals surface area contributed by atoms with E-state index in [0.29, 0.717) is 13.0 Å². The molecule has 176 valence electrons. The van der Waals surface area contributed by atoms with Crippen LogP contribution in [0.5, 0.6) is 0 Å². The van der Waals surface area contributed by atoms with Gasteiger partial charge in [0.2, 0.25) is 0 Å². The number of aliphatic hydroxyl groups is 1. The molecule has 0 unspecified atom stereocenters. The molecule has 0 aromatic carbocycles. The van der Waals surface area contributed by atoms with Crippen LogP contribution in [0.4, 0.5) is 0 Å². The number of carbonyl (C=O) groups excluding carboxylic acids is 1. The molecule has 5 nitrogen and oxygen atoms in total. The lowest BCUT2D eigenvalue weighted by atomic mass is 9.67. The van der Waals surface area contributed by atoms with Crippen LogP contribution in [0.25, 0.3) is 0 Å². The summed E-state index contributed by atoms with van der Waals surface area (Å²) >= 11 is 0. The molecule has 31 heavy (non-hydrogen) atoms. The Hall–Kier alpha value is -0.910. The Morgan fingerprint density at radius 2 is 1.97 bits per heavy atom. The molecule has 0 amide bonds. The van der Waals surface area contributed by atoms with Gasteiger partial charge in [0, 0.05) is 18.8 Å². The van der Waals surface area contributed by atoms with E-state index in [4.69, 9.17) is 14.2 Å². The van der Waals surface area contributed by atoms with Crippen LogP contribution in [0.1, 0.15) is 98.3 Å². The van der Waals surface area contributed by atoms with Crippen LogP contribution < -0.4 is 0 Å². The summed E-state index contributed by atoms with van der Waals surface area (Å²) in [5.74, 6) is -0.0165. The Balaban J connectivity index is 1.51. The van der Waals surface area contributed by atoms with Crippen LogP contribution in [0.3, 0.4) is 0 Å². The van der Waals surface area contributed by atoms with Crippen molar-refractivity contribution >= 4 is 5.97 Å². The third-order valence-electron chi connectivity index (χ3n) is 8.75. The number of esters is 1. The smallest absolute Gasteiger partial charge is 0.305 e. The van der Waals surface area contributed by atoms with Gasteiger partial charge in [-0.25, -0.2) is 0 Å². The van der Waals surface area contributed by atoms with Crippen molar-refractivity contribution in [3.63, 3.8) is 0 Å². The van der Waals surface area contributed by atoms with Crippen LogP contribution >= 0.6 is 0 Å². The van der Waals surface area contributed by atoms with E-state index in [0.717, 1.165) is 64.2 Å². The number of hydrogen-bond donors (Lipinski definition) is 1. The molecule has 0 bridgehead atoms. The van der Waals surface area contributed by atoms with Crippen molar-refractivity contribution in [1.82, 2.24) is 0 Å². The number of rotatable bonds is 7. The van der Waals surface area contributed by atoms with Crippen LogP contribution in [0.15, 0.2) is 12.2 Å². The molecule has 4 fully saturated rings. The summed E-state index contributed by atoms with van der Waals surface area (Å²) in [6, 6.07) is 0. The van der Waals surface area contributed by atoms with Gasteiger partial charge in [-0.2, -0.15) is 0 Å². The fourth-order valence-corrected chi connectivity index (χ4v) is 6.68. The molecule has 4 rings (SSSR count). The quantitative estimate of drug-likeness (QED) is 0.261. The molecule has 0 radical (unpaired) electrons. The van der Waals surface area contributed by atoms with Crippen molar-refractivity contribution in [2.24, 2.45) is 11.3 Å². The molecule has 1 N–H and O–H groups in total. The minimum absolute atomic E-state index is 0.0258. The zero-order chi connectivity index (χ0) is 22.5. The second-order valence-corrected chi connectivity index (χ2v) is 11.5. The minimum Gasteiger partial charge on any atom is -0.462 e. The van der Waals surface area contributed by atoms with Crippen molar-refractivity contribution in [1.29, 1.82) is 0 Å². The Kier molecular flexibility index (Phi) is 6.11. The maximum atomic E-state index is 12.3. The second kappa shape index (κ2) is 8.14. The van der Waals surface area contributed by atoms with E-state index in [2.05, 4.69) is 20.4 Å². The van der Waals surface area contributed by atoms with E-state index in [1.807, 2.05) is 13.8 Å². The van der Waals surface area contributed by atoms with Crippen LogP contribution in [-0.2, 0) is 19.0 Å². The summed E-state index contributed by atoms with van der Waals surface area (Å²) < 4.78 is 18.5. The van der Waals surface area contributed by atoms with Crippen molar-refractivity contribution in [2.75, 3.05) is 6.61 Å². The van der Waals surface area contributed by atoms with Gasteiger partial charge in [-0.05, 0) is 64.2 Å². The first-order chi connectivity index (χ1) is 14.6. The van der Waals surface area contributed by atoms with E-state index in [-0.39, 0.29) is 35.1 Å². The van der Waals surface area contributed by atoms with E-state index < -0.39 is 11.2 Å². The first-order valence-corrected chi connectivity index (χ1v) is 12.5. The van der Waals surface area contributed by atoms with Gasteiger partial charge in [-0.15, -0.1) is 0 Å². The monoisotopic (exact) mass is 434 g/mol. The molecule has 6 atom stereocenters. The summed E-state index contributed by atoms with van der Waals surface area (Å²) in [7, 11) is 0. The van der Waals surface area contributed by atoms with E-state index in [9.17, 15) is 9.90 Å². The van der Waals surface area contributed by atoms with Crippen LogP contribution in [-0.4, -0.2) is 46.7 Å². The Bertz CT molecular complexity index is 711. The topological polar surface area (TPSA) is 71.6 Å². The fourth-order valence-electron chi connectivity index (χ4n) is 6.68. The molecule has 4 aliphatic rings. The average molecular weight is 435 g/mol. The third-order valence-corrected chi connectivity index (χ3v) is 8.75. The van der Waals surface area contributed by atoms with Gasteiger partial charge in [-0.1, -0.05) is 38.8 Å². The van der Waals surface area contributed by atoms with Gasteiger partial charge < -0.3 is 19.3 Å². The molecule has 0 aromatic rings. The van der Waals surface area contributed by atoms with Crippen LogP contribution in [0.2, 0.25) is 0 Å². The highest BCUT2D eigenvalue weighted by atomic mass is 16.7. The van der Waals surface area contributed by atoms with Gasteiger partial charge in [0.1, 0.15) is 17.8 Å². The average Bonchev–Trinajstić information content (AvgIpc) is 3.55. The summed E-state index contributed by atoms with van der Waals surface area (Å²) in [5.41, 5.74) is -0.245. The molecule has 5 heteroatoms. The fraction of sp³-hybridized carbons (Fsp3) is 0.885. The predicted octanol–water partition coefficient (Wildman–Crippen LogP) is 5.09. The largest absolute Gasteiger partial charge is 0.462 e. The molecule has 2 saturated carbocycles. The lowest BCUT2D eigenvalue weighted by Gasteiger charge is -2.37. The molecule has 1 spiro atoms. The standard InChI is InChI=1S/C26H42O5/c1-6-7-8-9-22(27)29-17-25-16-21-26(31-21)19(23(3,4)28)13-15-24(26,5)14-12-18(2)10-11-20(25)30-25/h19-21,28H,2,6-17H2,1,3-5H3/t19-,20-,21+,24+,25-,26-/m0/s1. The number of unbranched alkanes of at least 4 members (excludes halogenated alkanes) is 2. The third kappa shape index (κ3) is 4.22. The number of fused-ring (bicyclic) bond motifs is 1. The number of allylic oxidation sites excluding steroid dienone is 1.